The molecular formula is C13H15F2NO. The highest BCUT2D eigenvalue weighted by Gasteiger charge is 2.18. The van der Waals surface area contributed by atoms with E-state index in [1.807, 2.05) is 6.08 Å². The number of hydrogen-bond acceptors (Lipinski definition) is 2. The summed E-state index contributed by atoms with van der Waals surface area (Å²) in [5, 5.41) is 3.31. The van der Waals surface area contributed by atoms with Gasteiger partial charge in [0.15, 0.2) is 0 Å². The van der Waals surface area contributed by atoms with Gasteiger partial charge in [-0.1, -0.05) is 30.4 Å². The minimum atomic E-state index is -2.78. The SMILES string of the molecule is FC(F)Oc1ccccc1C=CCNC1CC1. The highest BCUT2D eigenvalue weighted by atomic mass is 19.3. The summed E-state index contributed by atoms with van der Waals surface area (Å²) in [4.78, 5) is 0. The molecule has 1 aliphatic carbocycles. The summed E-state index contributed by atoms with van der Waals surface area (Å²) in [6, 6.07) is 7.42. The fourth-order valence-electron chi connectivity index (χ4n) is 1.53. The summed E-state index contributed by atoms with van der Waals surface area (Å²) in [6.07, 6.45) is 6.19. The number of nitrogens with one attached hydrogen (secondary N) is 1. The molecule has 0 atom stereocenters. The molecule has 1 saturated carbocycles. The van der Waals surface area contributed by atoms with E-state index in [0.29, 0.717) is 11.6 Å². The second kappa shape index (κ2) is 5.77. The van der Waals surface area contributed by atoms with E-state index in [4.69, 9.17) is 0 Å². The molecule has 17 heavy (non-hydrogen) atoms. The molecule has 1 aromatic carbocycles. The molecule has 1 N–H and O–H groups in total. The third kappa shape index (κ3) is 4.15. The van der Waals surface area contributed by atoms with Crippen LogP contribution in [0.15, 0.2) is 30.3 Å². The normalized spacial score (nSPS) is 15.7. The van der Waals surface area contributed by atoms with E-state index >= 15 is 0 Å². The second-order valence-electron chi connectivity index (χ2n) is 4.00. The van der Waals surface area contributed by atoms with E-state index in [-0.39, 0.29) is 5.75 Å². The molecule has 2 nitrogen and oxygen atoms in total. The fourth-order valence-corrected chi connectivity index (χ4v) is 1.53. The number of rotatable bonds is 6. The first kappa shape index (κ1) is 12.0. The first-order chi connectivity index (χ1) is 8.25. The number of para-hydroxylation sites is 1. The summed E-state index contributed by atoms with van der Waals surface area (Å²) in [5.41, 5.74) is 0.672. The molecule has 0 unspecified atom stereocenters. The maximum absolute atomic E-state index is 12.1. The van der Waals surface area contributed by atoms with Gasteiger partial charge in [-0.3, -0.25) is 0 Å². The summed E-state index contributed by atoms with van der Waals surface area (Å²) in [6.45, 7) is -2.03. The Morgan fingerprint density at radius 1 is 1.35 bits per heavy atom. The summed E-state index contributed by atoms with van der Waals surface area (Å²) in [7, 11) is 0. The van der Waals surface area contributed by atoms with E-state index < -0.39 is 6.61 Å². The van der Waals surface area contributed by atoms with Crippen LogP contribution in [-0.2, 0) is 0 Å². The Hall–Kier alpha value is -1.42. The molecular weight excluding hydrogens is 224 g/mol. The predicted octanol–water partition coefficient (Wildman–Crippen LogP) is 3.05. The predicted molar refractivity (Wildman–Crippen MR) is 63.1 cm³/mol. The number of halogens is 2. The van der Waals surface area contributed by atoms with Gasteiger partial charge >= 0.3 is 6.61 Å². The number of benzene rings is 1. The Bertz CT molecular complexity index is 389. The molecule has 1 aromatic rings. The molecule has 0 aliphatic heterocycles. The van der Waals surface area contributed by atoms with Gasteiger partial charge in [-0.2, -0.15) is 8.78 Å². The van der Waals surface area contributed by atoms with Crippen LogP contribution in [0.25, 0.3) is 6.08 Å². The Morgan fingerprint density at radius 2 is 2.12 bits per heavy atom. The van der Waals surface area contributed by atoms with Gasteiger partial charge in [-0.25, -0.2) is 0 Å². The van der Waals surface area contributed by atoms with Crippen LogP contribution >= 0.6 is 0 Å². The van der Waals surface area contributed by atoms with E-state index in [9.17, 15) is 8.78 Å². The quantitative estimate of drug-likeness (QED) is 0.823. The highest BCUT2D eigenvalue weighted by Crippen LogP contribution is 2.21. The van der Waals surface area contributed by atoms with Crippen molar-refractivity contribution in [2.24, 2.45) is 0 Å². The van der Waals surface area contributed by atoms with Crippen molar-refractivity contribution < 1.29 is 13.5 Å². The van der Waals surface area contributed by atoms with Gasteiger partial charge in [0.25, 0.3) is 0 Å². The van der Waals surface area contributed by atoms with Crippen LogP contribution in [0.2, 0.25) is 0 Å². The molecule has 0 saturated heterocycles. The van der Waals surface area contributed by atoms with Crippen LogP contribution in [-0.4, -0.2) is 19.2 Å². The van der Waals surface area contributed by atoms with Gasteiger partial charge in [0, 0.05) is 18.2 Å². The van der Waals surface area contributed by atoms with E-state index in [2.05, 4.69) is 10.1 Å². The molecule has 0 bridgehead atoms. The number of hydrogen-bond donors (Lipinski definition) is 1. The van der Waals surface area contributed by atoms with Crippen LogP contribution in [0.5, 0.6) is 5.75 Å². The van der Waals surface area contributed by atoms with Crippen LogP contribution in [0.3, 0.4) is 0 Å². The number of alkyl halides is 2. The molecule has 4 heteroatoms. The molecule has 1 aliphatic rings. The lowest BCUT2D eigenvalue weighted by Crippen LogP contribution is -2.15. The Labute approximate surface area is 99.3 Å². The summed E-state index contributed by atoms with van der Waals surface area (Å²) >= 11 is 0. The van der Waals surface area contributed by atoms with Crippen LogP contribution < -0.4 is 10.1 Å². The smallest absolute Gasteiger partial charge is 0.387 e. The molecule has 1 fully saturated rings. The third-order valence-electron chi connectivity index (χ3n) is 2.53. The molecule has 0 heterocycles. The van der Waals surface area contributed by atoms with E-state index in [1.54, 1.807) is 30.3 Å². The molecule has 0 aromatic heterocycles. The lowest BCUT2D eigenvalue weighted by molar-refractivity contribution is -0.0499. The van der Waals surface area contributed by atoms with Gasteiger partial charge in [0.05, 0.1) is 0 Å². The first-order valence-electron chi connectivity index (χ1n) is 5.69. The Balaban J connectivity index is 1.92. The average Bonchev–Trinajstić information content (AvgIpc) is 3.09. The van der Waals surface area contributed by atoms with Gasteiger partial charge in [0.2, 0.25) is 0 Å². The van der Waals surface area contributed by atoms with Crippen LogP contribution in [0, 0.1) is 0 Å². The second-order valence-corrected chi connectivity index (χ2v) is 4.00. The van der Waals surface area contributed by atoms with Crippen molar-refractivity contribution in [2.45, 2.75) is 25.5 Å². The largest absolute Gasteiger partial charge is 0.434 e. The van der Waals surface area contributed by atoms with Crippen molar-refractivity contribution in [3.8, 4) is 5.75 Å². The summed E-state index contributed by atoms with van der Waals surface area (Å²) in [5.74, 6) is 0.213. The molecule has 0 radical (unpaired) electrons. The van der Waals surface area contributed by atoms with Gasteiger partial charge in [-0.15, -0.1) is 0 Å². The lowest BCUT2D eigenvalue weighted by Gasteiger charge is -2.07. The van der Waals surface area contributed by atoms with E-state index in [1.165, 1.54) is 12.8 Å². The first-order valence-corrected chi connectivity index (χ1v) is 5.69. The third-order valence-corrected chi connectivity index (χ3v) is 2.53. The van der Waals surface area contributed by atoms with Crippen LogP contribution in [0.4, 0.5) is 8.78 Å². The van der Waals surface area contributed by atoms with Crippen LogP contribution in [0.1, 0.15) is 18.4 Å². The molecule has 0 amide bonds. The van der Waals surface area contributed by atoms with Crippen molar-refractivity contribution in [3.63, 3.8) is 0 Å². The maximum Gasteiger partial charge on any atom is 0.387 e. The van der Waals surface area contributed by atoms with E-state index in [0.717, 1.165) is 6.54 Å². The van der Waals surface area contributed by atoms with Crippen molar-refractivity contribution >= 4 is 6.08 Å². The zero-order valence-electron chi connectivity index (χ0n) is 9.40. The summed E-state index contributed by atoms with van der Waals surface area (Å²) < 4.78 is 28.7. The molecule has 92 valence electrons. The van der Waals surface area contributed by atoms with Crippen molar-refractivity contribution in [3.05, 3.63) is 35.9 Å². The average molecular weight is 239 g/mol. The van der Waals surface area contributed by atoms with Gasteiger partial charge in [-0.05, 0) is 18.9 Å². The molecule has 0 spiro atoms. The van der Waals surface area contributed by atoms with Gasteiger partial charge < -0.3 is 10.1 Å². The van der Waals surface area contributed by atoms with Crippen molar-refractivity contribution in [2.75, 3.05) is 6.54 Å². The van der Waals surface area contributed by atoms with Gasteiger partial charge in [0.1, 0.15) is 5.75 Å². The monoisotopic (exact) mass is 239 g/mol. The van der Waals surface area contributed by atoms with Crippen molar-refractivity contribution in [1.29, 1.82) is 0 Å². The molecule has 2 rings (SSSR count). The Kier molecular flexibility index (Phi) is 4.09. The lowest BCUT2D eigenvalue weighted by atomic mass is 10.2. The maximum atomic E-state index is 12.1. The highest BCUT2D eigenvalue weighted by molar-refractivity contribution is 5.57. The zero-order valence-corrected chi connectivity index (χ0v) is 9.40. The number of ether oxygens (including phenoxy) is 1. The minimum Gasteiger partial charge on any atom is -0.434 e. The fraction of sp³-hybridized carbons (Fsp3) is 0.385. The Morgan fingerprint density at radius 3 is 2.82 bits per heavy atom. The standard InChI is InChI=1S/C13H15F2NO/c14-13(15)17-12-6-2-1-4-10(12)5-3-9-16-11-7-8-11/h1-6,11,13,16H,7-9H2. The minimum absolute atomic E-state index is 0.213. The zero-order chi connectivity index (χ0) is 12.1. The topological polar surface area (TPSA) is 21.3 Å². The van der Waals surface area contributed by atoms with Crippen molar-refractivity contribution in [1.82, 2.24) is 5.32 Å².